The maximum absolute atomic E-state index is 11.2. The van der Waals surface area contributed by atoms with Gasteiger partial charge in [-0.15, -0.1) is 0 Å². The lowest BCUT2D eigenvalue weighted by Gasteiger charge is -2.13. The molecule has 1 amide bonds. The van der Waals surface area contributed by atoms with Gasteiger partial charge in [0.25, 0.3) is 0 Å². The third kappa shape index (κ3) is 8.08. The van der Waals surface area contributed by atoms with Crippen molar-refractivity contribution in [1.82, 2.24) is 5.32 Å². The van der Waals surface area contributed by atoms with Crippen molar-refractivity contribution >= 4 is 12.1 Å². The van der Waals surface area contributed by atoms with Gasteiger partial charge in [-0.1, -0.05) is 13.8 Å². The lowest BCUT2D eigenvalue weighted by molar-refractivity contribution is -0.144. The van der Waals surface area contributed by atoms with Crippen molar-refractivity contribution in [3.8, 4) is 0 Å². The van der Waals surface area contributed by atoms with Gasteiger partial charge in [-0.05, 0) is 19.8 Å². The molecule has 5 nitrogen and oxygen atoms in total. The van der Waals surface area contributed by atoms with Crippen LogP contribution < -0.4 is 5.32 Å². The van der Waals surface area contributed by atoms with E-state index >= 15 is 0 Å². The number of hydrogen-bond acceptors (Lipinski definition) is 4. The highest BCUT2D eigenvalue weighted by molar-refractivity contribution is 5.72. The molecule has 0 spiro atoms. The Morgan fingerprint density at radius 3 is 2.25 bits per heavy atom. The van der Waals surface area contributed by atoms with Crippen LogP contribution in [0.25, 0.3) is 0 Å². The lowest BCUT2D eigenvalue weighted by Crippen LogP contribution is -2.35. The normalized spacial score (nSPS) is 11.7. The van der Waals surface area contributed by atoms with Gasteiger partial charge in [-0.3, -0.25) is 4.79 Å². The summed E-state index contributed by atoms with van der Waals surface area (Å²) >= 11 is 0. The number of nitrogens with one attached hydrogen (secondary N) is 1. The molecule has 1 N–H and O–H groups in total. The van der Waals surface area contributed by atoms with Crippen molar-refractivity contribution in [3.05, 3.63) is 0 Å². The third-order valence-electron chi connectivity index (χ3n) is 1.74. The molecule has 0 aromatic heterocycles. The Labute approximate surface area is 96.5 Å². The molecule has 0 radical (unpaired) electrons. The van der Waals surface area contributed by atoms with Crippen LogP contribution in [0.15, 0.2) is 0 Å². The van der Waals surface area contributed by atoms with E-state index in [9.17, 15) is 9.59 Å². The summed E-state index contributed by atoms with van der Waals surface area (Å²) in [5.41, 5.74) is 0. The van der Waals surface area contributed by atoms with E-state index in [4.69, 9.17) is 9.47 Å². The number of carbonyl (C=O) groups is 2. The summed E-state index contributed by atoms with van der Waals surface area (Å²) in [6.07, 6.45) is 1.26. The maximum Gasteiger partial charge on any atom is 0.407 e. The van der Waals surface area contributed by atoms with E-state index in [-0.39, 0.29) is 18.4 Å². The Morgan fingerprint density at radius 2 is 1.69 bits per heavy atom. The molecule has 0 saturated heterocycles. The minimum atomic E-state index is -0.488. The first-order valence-electron chi connectivity index (χ1n) is 5.69. The number of ether oxygens (including phenoxy) is 2. The molecule has 1 atom stereocenters. The summed E-state index contributed by atoms with van der Waals surface area (Å²) in [4.78, 5) is 22.3. The van der Waals surface area contributed by atoms with Crippen LogP contribution in [-0.2, 0) is 14.3 Å². The van der Waals surface area contributed by atoms with E-state index in [1.807, 2.05) is 13.8 Å². The predicted octanol–water partition coefficient (Wildman–Crippen LogP) is 1.85. The van der Waals surface area contributed by atoms with E-state index in [1.54, 1.807) is 6.92 Å². The number of rotatable bonds is 7. The average Bonchev–Trinajstić information content (AvgIpc) is 2.23. The quantitative estimate of drug-likeness (QED) is 0.679. The van der Waals surface area contributed by atoms with Crippen molar-refractivity contribution in [2.75, 3.05) is 13.2 Å². The van der Waals surface area contributed by atoms with E-state index < -0.39 is 6.09 Å². The first-order chi connectivity index (χ1) is 7.60. The molecule has 0 aromatic rings. The number of amides is 1. The second-order valence-electron chi connectivity index (χ2n) is 3.61. The SMILES string of the molecule is CCCOC(=O)CC(C)NC(=O)OCCC. The molecule has 0 aromatic carbocycles. The standard InChI is InChI=1S/C11H21NO4/c1-4-6-15-10(13)8-9(3)12-11(14)16-7-5-2/h9H,4-8H2,1-3H3,(H,12,14). The van der Waals surface area contributed by atoms with Crippen LogP contribution in [-0.4, -0.2) is 31.3 Å². The first-order valence-corrected chi connectivity index (χ1v) is 5.69. The van der Waals surface area contributed by atoms with Crippen LogP contribution in [0.3, 0.4) is 0 Å². The number of carbonyl (C=O) groups excluding carboxylic acids is 2. The first kappa shape index (κ1) is 14.7. The second-order valence-corrected chi connectivity index (χ2v) is 3.61. The molecule has 16 heavy (non-hydrogen) atoms. The molecule has 0 aliphatic heterocycles. The van der Waals surface area contributed by atoms with Crippen LogP contribution in [0, 0.1) is 0 Å². The summed E-state index contributed by atoms with van der Waals surface area (Å²) in [6.45, 7) is 6.39. The van der Waals surface area contributed by atoms with Crippen molar-refractivity contribution in [3.63, 3.8) is 0 Å². The van der Waals surface area contributed by atoms with Gasteiger partial charge in [0.15, 0.2) is 0 Å². The molecular formula is C11H21NO4. The zero-order chi connectivity index (χ0) is 12.4. The fourth-order valence-electron chi connectivity index (χ4n) is 1.01. The zero-order valence-corrected chi connectivity index (χ0v) is 10.2. The lowest BCUT2D eigenvalue weighted by atomic mass is 10.2. The minimum Gasteiger partial charge on any atom is -0.466 e. The van der Waals surface area contributed by atoms with E-state index in [2.05, 4.69) is 5.32 Å². The topological polar surface area (TPSA) is 64.6 Å². The monoisotopic (exact) mass is 231 g/mol. The number of hydrogen-bond donors (Lipinski definition) is 1. The summed E-state index contributed by atoms with van der Waals surface area (Å²) in [5.74, 6) is -0.301. The van der Waals surface area contributed by atoms with Gasteiger partial charge in [0.1, 0.15) is 0 Å². The summed E-state index contributed by atoms with van der Waals surface area (Å²) in [5, 5.41) is 2.56. The molecule has 1 unspecified atom stereocenters. The summed E-state index contributed by atoms with van der Waals surface area (Å²) in [6, 6.07) is -0.270. The van der Waals surface area contributed by atoms with Gasteiger partial charge < -0.3 is 14.8 Å². The van der Waals surface area contributed by atoms with Crippen molar-refractivity contribution in [2.24, 2.45) is 0 Å². The molecule has 0 rings (SSSR count). The van der Waals surface area contributed by atoms with Gasteiger partial charge >= 0.3 is 12.1 Å². The molecule has 0 fully saturated rings. The summed E-state index contributed by atoms with van der Waals surface area (Å²) in [7, 11) is 0. The Kier molecular flexibility index (Phi) is 8.29. The molecule has 0 aliphatic carbocycles. The smallest absolute Gasteiger partial charge is 0.407 e. The molecule has 0 aliphatic rings. The maximum atomic E-state index is 11.2. The average molecular weight is 231 g/mol. The Morgan fingerprint density at radius 1 is 1.12 bits per heavy atom. The predicted molar refractivity (Wildman–Crippen MR) is 60.1 cm³/mol. The highest BCUT2D eigenvalue weighted by Crippen LogP contribution is 1.96. The van der Waals surface area contributed by atoms with E-state index in [0.717, 1.165) is 12.8 Å². The highest BCUT2D eigenvalue weighted by Gasteiger charge is 2.12. The van der Waals surface area contributed by atoms with Gasteiger partial charge in [0.05, 0.1) is 19.6 Å². The van der Waals surface area contributed by atoms with Crippen molar-refractivity contribution in [1.29, 1.82) is 0 Å². The van der Waals surface area contributed by atoms with Crippen molar-refractivity contribution in [2.45, 2.75) is 46.1 Å². The van der Waals surface area contributed by atoms with Crippen LogP contribution in [0.1, 0.15) is 40.0 Å². The largest absolute Gasteiger partial charge is 0.466 e. The zero-order valence-electron chi connectivity index (χ0n) is 10.2. The van der Waals surface area contributed by atoms with Gasteiger partial charge in [-0.25, -0.2) is 4.79 Å². The van der Waals surface area contributed by atoms with Crippen molar-refractivity contribution < 1.29 is 19.1 Å². The molecular weight excluding hydrogens is 210 g/mol. The summed E-state index contributed by atoms with van der Waals surface area (Å²) < 4.78 is 9.72. The molecule has 5 heteroatoms. The highest BCUT2D eigenvalue weighted by atomic mass is 16.5. The molecule has 0 heterocycles. The van der Waals surface area contributed by atoms with Crippen LogP contribution in [0.2, 0.25) is 0 Å². The minimum absolute atomic E-state index is 0.168. The van der Waals surface area contributed by atoms with E-state index in [1.165, 1.54) is 0 Å². The van der Waals surface area contributed by atoms with Crippen LogP contribution >= 0.6 is 0 Å². The Bertz CT molecular complexity index is 196. The van der Waals surface area contributed by atoms with Crippen LogP contribution in [0.4, 0.5) is 4.79 Å². The third-order valence-corrected chi connectivity index (χ3v) is 1.74. The number of esters is 1. The molecule has 0 bridgehead atoms. The van der Waals surface area contributed by atoms with E-state index in [0.29, 0.717) is 13.2 Å². The Balaban J connectivity index is 3.67. The fourth-order valence-corrected chi connectivity index (χ4v) is 1.01. The number of alkyl carbamates (subject to hydrolysis) is 1. The van der Waals surface area contributed by atoms with Crippen LogP contribution in [0.5, 0.6) is 0 Å². The fraction of sp³-hybridized carbons (Fsp3) is 0.818. The van der Waals surface area contributed by atoms with Gasteiger partial charge in [-0.2, -0.15) is 0 Å². The molecule has 94 valence electrons. The van der Waals surface area contributed by atoms with Gasteiger partial charge in [0, 0.05) is 6.04 Å². The second kappa shape index (κ2) is 9.00. The van der Waals surface area contributed by atoms with Gasteiger partial charge in [0.2, 0.25) is 0 Å². The molecule has 0 saturated carbocycles. The Hall–Kier alpha value is -1.26.